The molecule has 0 aromatic carbocycles. The quantitative estimate of drug-likeness (QED) is 0.867. The molecule has 2 aromatic heterocycles. The third-order valence-electron chi connectivity index (χ3n) is 3.67. The second-order valence-corrected chi connectivity index (χ2v) is 5.99. The molecule has 5 heteroatoms. The Morgan fingerprint density at radius 2 is 1.67 bits per heavy atom. The van der Waals surface area contributed by atoms with Crippen LogP contribution in [-0.4, -0.2) is 26.8 Å². The molecule has 0 saturated carbocycles. The van der Waals surface area contributed by atoms with Crippen molar-refractivity contribution >= 4 is 5.95 Å². The van der Waals surface area contributed by atoms with Crippen LogP contribution in [0.5, 0.6) is 0 Å². The van der Waals surface area contributed by atoms with Crippen LogP contribution in [0.15, 0.2) is 6.07 Å². The fourth-order valence-corrected chi connectivity index (χ4v) is 2.61. The third-order valence-corrected chi connectivity index (χ3v) is 3.67. The lowest BCUT2D eigenvalue weighted by Crippen LogP contribution is -2.20. The molecule has 2 aromatic rings. The lowest BCUT2D eigenvalue weighted by atomic mass is 10.2. The highest BCUT2D eigenvalue weighted by Crippen LogP contribution is 2.20. The van der Waals surface area contributed by atoms with E-state index in [1.807, 2.05) is 27.0 Å². The van der Waals surface area contributed by atoms with Crippen molar-refractivity contribution in [1.82, 2.24) is 19.7 Å². The van der Waals surface area contributed by atoms with Crippen LogP contribution in [-0.2, 0) is 6.54 Å². The number of anilines is 1. The Morgan fingerprint density at radius 3 is 2.14 bits per heavy atom. The lowest BCUT2D eigenvalue weighted by Gasteiger charge is -2.18. The number of aromatic nitrogens is 4. The molecular weight excluding hydrogens is 262 g/mol. The van der Waals surface area contributed by atoms with E-state index in [4.69, 9.17) is 0 Å². The van der Waals surface area contributed by atoms with Crippen LogP contribution in [0.1, 0.15) is 48.2 Å². The van der Waals surface area contributed by atoms with Gasteiger partial charge in [-0.2, -0.15) is 5.10 Å². The molecule has 0 fully saturated rings. The highest BCUT2D eigenvalue weighted by atomic mass is 15.3. The summed E-state index contributed by atoms with van der Waals surface area (Å²) in [5.74, 6) is 0.767. The first-order chi connectivity index (χ1) is 9.79. The summed E-state index contributed by atoms with van der Waals surface area (Å²) in [7, 11) is 2.03. The first-order valence-electron chi connectivity index (χ1n) is 7.37. The van der Waals surface area contributed by atoms with Crippen molar-refractivity contribution in [3.8, 4) is 0 Å². The van der Waals surface area contributed by atoms with Gasteiger partial charge in [-0.3, -0.25) is 4.68 Å². The van der Waals surface area contributed by atoms with Crippen LogP contribution in [0.3, 0.4) is 0 Å². The molecule has 5 nitrogen and oxygen atoms in total. The minimum absolute atomic E-state index is 0.375. The number of aryl methyl sites for hydroxylation is 3. The maximum absolute atomic E-state index is 4.64. The van der Waals surface area contributed by atoms with Crippen molar-refractivity contribution in [3.05, 3.63) is 34.4 Å². The topological polar surface area (TPSA) is 46.8 Å². The Labute approximate surface area is 127 Å². The standard InChI is InChI=1S/C16H25N5/c1-10(2)21-14(6)15(13(5)19-21)9-20(7)16-17-11(3)8-12(4)18-16/h8,10H,9H2,1-7H3. The molecule has 0 saturated heterocycles. The van der Waals surface area contributed by atoms with Gasteiger partial charge in [0.15, 0.2) is 0 Å². The van der Waals surface area contributed by atoms with E-state index in [0.29, 0.717) is 6.04 Å². The van der Waals surface area contributed by atoms with Crippen molar-refractivity contribution in [1.29, 1.82) is 0 Å². The van der Waals surface area contributed by atoms with E-state index in [-0.39, 0.29) is 0 Å². The SMILES string of the molecule is Cc1cc(C)nc(N(C)Cc2c(C)nn(C(C)C)c2C)n1. The molecule has 0 N–H and O–H groups in total. The van der Waals surface area contributed by atoms with Crippen LogP contribution >= 0.6 is 0 Å². The van der Waals surface area contributed by atoms with E-state index in [0.717, 1.165) is 29.6 Å². The molecule has 0 aliphatic rings. The zero-order valence-electron chi connectivity index (χ0n) is 14.1. The van der Waals surface area contributed by atoms with Crippen LogP contribution in [0.2, 0.25) is 0 Å². The molecule has 114 valence electrons. The van der Waals surface area contributed by atoms with E-state index in [2.05, 4.69) is 52.3 Å². The average molecular weight is 287 g/mol. The minimum atomic E-state index is 0.375. The van der Waals surface area contributed by atoms with E-state index < -0.39 is 0 Å². The van der Waals surface area contributed by atoms with Gasteiger partial charge in [0.05, 0.1) is 5.69 Å². The van der Waals surface area contributed by atoms with Crippen LogP contribution < -0.4 is 4.90 Å². The molecule has 0 aliphatic heterocycles. The Hall–Kier alpha value is -1.91. The van der Waals surface area contributed by atoms with Crippen LogP contribution in [0.25, 0.3) is 0 Å². The first-order valence-corrected chi connectivity index (χ1v) is 7.37. The fourth-order valence-electron chi connectivity index (χ4n) is 2.61. The van der Waals surface area contributed by atoms with Gasteiger partial charge in [0.2, 0.25) is 5.95 Å². The fraction of sp³-hybridized carbons (Fsp3) is 0.562. The number of nitrogens with zero attached hydrogens (tertiary/aromatic N) is 5. The van der Waals surface area contributed by atoms with Gasteiger partial charge in [0.25, 0.3) is 0 Å². The monoisotopic (exact) mass is 287 g/mol. The predicted molar refractivity (Wildman–Crippen MR) is 85.7 cm³/mol. The molecule has 0 bridgehead atoms. The summed E-state index contributed by atoms with van der Waals surface area (Å²) >= 11 is 0. The number of hydrogen-bond acceptors (Lipinski definition) is 4. The molecule has 0 radical (unpaired) electrons. The summed E-state index contributed by atoms with van der Waals surface area (Å²) in [5.41, 5.74) is 5.55. The molecule has 0 atom stereocenters. The molecule has 0 aliphatic carbocycles. The van der Waals surface area contributed by atoms with E-state index >= 15 is 0 Å². The second kappa shape index (κ2) is 5.84. The van der Waals surface area contributed by atoms with Gasteiger partial charge in [-0.1, -0.05) is 0 Å². The summed E-state index contributed by atoms with van der Waals surface area (Å²) in [6.07, 6.45) is 0. The molecule has 21 heavy (non-hydrogen) atoms. The van der Waals surface area contributed by atoms with Crippen molar-refractivity contribution in [2.75, 3.05) is 11.9 Å². The smallest absolute Gasteiger partial charge is 0.225 e. The van der Waals surface area contributed by atoms with Crippen molar-refractivity contribution in [2.45, 2.75) is 54.1 Å². The molecule has 0 amide bonds. The summed E-state index contributed by atoms with van der Waals surface area (Å²) in [4.78, 5) is 11.1. The summed E-state index contributed by atoms with van der Waals surface area (Å²) in [6, 6.07) is 2.37. The average Bonchev–Trinajstić information content (AvgIpc) is 2.65. The van der Waals surface area contributed by atoms with Gasteiger partial charge in [-0.15, -0.1) is 0 Å². The maximum Gasteiger partial charge on any atom is 0.225 e. The van der Waals surface area contributed by atoms with E-state index in [1.165, 1.54) is 11.3 Å². The predicted octanol–water partition coefficient (Wildman–Crippen LogP) is 3.12. The lowest BCUT2D eigenvalue weighted by molar-refractivity contribution is 0.515. The van der Waals surface area contributed by atoms with Crippen molar-refractivity contribution in [3.63, 3.8) is 0 Å². The van der Waals surface area contributed by atoms with E-state index in [1.54, 1.807) is 0 Å². The maximum atomic E-state index is 4.64. The van der Waals surface area contributed by atoms with Gasteiger partial charge < -0.3 is 4.90 Å². The van der Waals surface area contributed by atoms with Gasteiger partial charge in [-0.05, 0) is 47.6 Å². The Bertz CT molecular complexity index is 622. The Kier molecular flexibility index (Phi) is 4.30. The highest BCUT2D eigenvalue weighted by Gasteiger charge is 2.16. The van der Waals surface area contributed by atoms with Crippen molar-refractivity contribution < 1.29 is 0 Å². The first kappa shape index (κ1) is 15.5. The van der Waals surface area contributed by atoms with Gasteiger partial charge in [0.1, 0.15) is 0 Å². The van der Waals surface area contributed by atoms with Gasteiger partial charge in [0, 0.05) is 42.3 Å². The Morgan fingerprint density at radius 1 is 1.10 bits per heavy atom. The minimum Gasteiger partial charge on any atom is -0.339 e. The normalized spacial score (nSPS) is 11.2. The zero-order valence-corrected chi connectivity index (χ0v) is 14.1. The molecule has 2 rings (SSSR count). The van der Waals surface area contributed by atoms with Crippen molar-refractivity contribution in [2.24, 2.45) is 0 Å². The molecule has 2 heterocycles. The molecular formula is C16H25N5. The summed E-state index contributed by atoms with van der Waals surface area (Å²) in [5, 5.41) is 4.64. The van der Waals surface area contributed by atoms with Gasteiger partial charge >= 0.3 is 0 Å². The largest absolute Gasteiger partial charge is 0.339 e. The van der Waals surface area contributed by atoms with Gasteiger partial charge in [-0.25, -0.2) is 9.97 Å². The van der Waals surface area contributed by atoms with Crippen LogP contribution in [0.4, 0.5) is 5.95 Å². The van der Waals surface area contributed by atoms with E-state index in [9.17, 15) is 0 Å². The number of hydrogen-bond donors (Lipinski definition) is 0. The highest BCUT2D eigenvalue weighted by molar-refractivity contribution is 5.35. The molecule has 0 spiro atoms. The third kappa shape index (κ3) is 3.23. The zero-order chi connectivity index (χ0) is 15.7. The second-order valence-electron chi connectivity index (χ2n) is 5.99. The Balaban J connectivity index is 2.29. The summed E-state index contributed by atoms with van der Waals surface area (Å²) < 4.78 is 2.08. The molecule has 0 unspecified atom stereocenters. The summed E-state index contributed by atoms with van der Waals surface area (Å²) in [6.45, 7) is 13.3. The van der Waals surface area contributed by atoms with Crippen LogP contribution in [0, 0.1) is 27.7 Å². The number of rotatable bonds is 4.